The molecule has 1 amide bonds. The third-order valence-corrected chi connectivity index (χ3v) is 4.05. The Labute approximate surface area is 97.2 Å². The van der Waals surface area contributed by atoms with Crippen LogP contribution in [0.25, 0.3) is 0 Å². The highest BCUT2D eigenvalue weighted by Crippen LogP contribution is 2.19. The van der Waals surface area contributed by atoms with E-state index in [1.165, 1.54) is 0 Å². The summed E-state index contributed by atoms with van der Waals surface area (Å²) in [6.07, 6.45) is 2.84. The van der Waals surface area contributed by atoms with Crippen LogP contribution < -0.4 is 5.32 Å². The summed E-state index contributed by atoms with van der Waals surface area (Å²) < 4.78 is 14.1. The standard InChI is InChI=1S/C11H14N2O2S/c14-9-12-10-4-3-5-11(8-10)16(15)13-6-1-2-7-13/h3-5,8-9H,1-2,6-7H2,(H,12,14). The van der Waals surface area contributed by atoms with E-state index in [9.17, 15) is 9.00 Å². The Morgan fingerprint density at radius 1 is 1.31 bits per heavy atom. The lowest BCUT2D eigenvalue weighted by Crippen LogP contribution is -2.22. The molecule has 2 rings (SSSR count). The summed E-state index contributed by atoms with van der Waals surface area (Å²) in [6.45, 7) is 1.77. The number of carbonyl (C=O) groups is 1. The zero-order chi connectivity index (χ0) is 11.4. The summed E-state index contributed by atoms with van der Waals surface area (Å²) >= 11 is 0. The summed E-state index contributed by atoms with van der Waals surface area (Å²) in [5, 5.41) is 2.56. The molecule has 4 nitrogen and oxygen atoms in total. The molecule has 0 saturated carbocycles. The number of benzene rings is 1. The molecule has 0 aromatic heterocycles. The molecule has 1 aliphatic heterocycles. The first-order valence-electron chi connectivity index (χ1n) is 5.28. The lowest BCUT2D eigenvalue weighted by molar-refractivity contribution is -0.105. The first-order valence-corrected chi connectivity index (χ1v) is 6.39. The summed E-state index contributed by atoms with van der Waals surface area (Å²) in [4.78, 5) is 11.1. The van der Waals surface area contributed by atoms with Crippen LogP contribution in [0.3, 0.4) is 0 Å². The number of carbonyl (C=O) groups excluding carboxylic acids is 1. The van der Waals surface area contributed by atoms with Gasteiger partial charge in [0.25, 0.3) is 0 Å². The molecule has 0 aliphatic carbocycles. The van der Waals surface area contributed by atoms with Gasteiger partial charge in [-0.05, 0) is 31.0 Å². The third-order valence-electron chi connectivity index (χ3n) is 2.56. The fourth-order valence-corrected chi connectivity index (χ4v) is 3.08. The molecule has 1 fully saturated rings. The van der Waals surface area contributed by atoms with Crippen molar-refractivity contribution in [3.05, 3.63) is 24.3 Å². The molecule has 1 aliphatic rings. The maximum Gasteiger partial charge on any atom is 0.211 e. The summed E-state index contributed by atoms with van der Waals surface area (Å²) in [5.41, 5.74) is 0.681. The van der Waals surface area contributed by atoms with Gasteiger partial charge in [0.2, 0.25) is 6.41 Å². The second-order valence-electron chi connectivity index (χ2n) is 3.68. The minimum absolute atomic E-state index is 0.623. The van der Waals surface area contributed by atoms with Crippen molar-refractivity contribution in [3.8, 4) is 0 Å². The number of nitrogens with zero attached hydrogens (tertiary/aromatic N) is 1. The number of nitrogens with one attached hydrogen (secondary N) is 1. The van der Waals surface area contributed by atoms with E-state index in [0.717, 1.165) is 30.8 Å². The van der Waals surface area contributed by atoms with Crippen molar-refractivity contribution in [2.75, 3.05) is 18.4 Å². The Kier molecular flexibility index (Phi) is 3.69. The number of hydrogen-bond acceptors (Lipinski definition) is 2. The van der Waals surface area contributed by atoms with Gasteiger partial charge in [0.1, 0.15) is 11.0 Å². The van der Waals surface area contributed by atoms with Gasteiger partial charge in [-0.3, -0.25) is 4.79 Å². The quantitative estimate of drug-likeness (QED) is 0.805. The van der Waals surface area contributed by atoms with Crippen LogP contribution in [0.2, 0.25) is 0 Å². The van der Waals surface area contributed by atoms with Crippen LogP contribution >= 0.6 is 0 Å². The smallest absolute Gasteiger partial charge is 0.211 e. The van der Waals surface area contributed by atoms with E-state index in [-0.39, 0.29) is 0 Å². The van der Waals surface area contributed by atoms with Crippen LogP contribution in [-0.4, -0.2) is 28.0 Å². The van der Waals surface area contributed by atoms with Gasteiger partial charge >= 0.3 is 0 Å². The van der Waals surface area contributed by atoms with E-state index in [4.69, 9.17) is 0 Å². The second-order valence-corrected chi connectivity index (χ2v) is 5.16. The van der Waals surface area contributed by atoms with Gasteiger partial charge in [-0.1, -0.05) is 6.07 Å². The van der Waals surface area contributed by atoms with Gasteiger partial charge < -0.3 is 5.32 Å². The molecule has 1 N–H and O–H groups in total. The minimum Gasteiger partial charge on any atom is -0.329 e. The van der Waals surface area contributed by atoms with E-state index in [1.54, 1.807) is 18.2 Å². The average molecular weight is 238 g/mol. The first-order chi connectivity index (χ1) is 7.81. The molecule has 0 spiro atoms. The molecule has 1 heterocycles. The fourth-order valence-electron chi connectivity index (χ4n) is 1.77. The predicted octanol–water partition coefficient (Wildman–Crippen LogP) is 1.37. The monoisotopic (exact) mass is 238 g/mol. The summed E-state index contributed by atoms with van der Waals surface area (Å²) in [7, 11) is -1.10. The van der Waals surface area contributed by atoms with Gasteiger partial charge in [0.05, 0.1) is 4.90 Å². The number of anilines is 1. The first kappa shape index (κ1) is 11.3. The molecule has 16 heavy (non-hydrogen) atoms. The maximum atomic E-state index is 12.1. The molecule has 1 aromatic rings. The lowest BCUT2D eigenvalue weighted by Gasteiger charge is -2.13. The Hall–Kier alpha value is -1.20. The topological polar surface area (TPSA) is 49.4 Å². The van der Waals surface area contributed by atoms with Gasteiger partial charge in [-0.15, -0.1) is 0 Å². The van der Waals surface area contributed by atoms with Crippen molar-refractivity contribution in [2.24, 2.45) is 0 Å². The molecule has 1 atom stereocenters. The van der Waals surface area contributed by atoms with Gasteiger partial charge in [-0.2, -0.15) is 0 Å². The van der Waals surface area contributed by atoms with Crippen LogP contribution in [0.1, 0.15) is 12.8 Å². The van der Waals surface area contributed by atoms with Crippen molar-refractivity contribution in [3.63, 3.8) is 0 Å². The minimum atomic E-state index is -1.10. The van der Waals surface area contributed by atoms with Crippen LogP contribution in [0, 0.1) is 0 Å². The SMILES string of the molecule is O=CNc1cccc(S(=O)N2CCCC2)c1. The third kappa shape index (κ3) is 2.48. The molecule has 1 aromatic carbocycles. The van der Waals surface area contributed by atoms with E-state index >= 15 is 0 Å². The average Bonchev–Trinajstić information content (AvgIpc) is 2.82. The molecule has 0 bridgehead atoms. The highest BCUT2D eigenvalue weighted by molar-refractivity contribution is 7.82. The van der Waals surface area contributed by atoms with Crippen molar-refractivity contribution in [1.82, 2.24) is 4.31 Å². The van der Waals surface area contributed by atoms with Gasteiger partial charge in [0.15, 0.2) is 0 Å². The number of hydrogen-bond donors (Lipinski definition) is 1. The highest BCUT2D eigenvalue weighted by Gasteiger charge is 2.19. The molecule has 86 valence electrons. The Morgan fingerprint density at radius 2 is 2.06 bits per heavy atom. The van der Waals surface area contributed by atoms with Crippen molar-refractivity contribution < 1.29 is 9.00 Å². The predicted molar refractivity (Wildman–Crippen MR) is 63.3 cm³/mol. The largest absolute Gasteiger partial charge is 0.329 e. The lowest BCUT2D eigenvalue weighted by atomic mass is 10.3. The maximum absolute atomic E-state index is 12.1. The Balaban J connectivity index is 2.15. The van der Waals surface area contributed by atoms with E-state index in [1.807, 2.05) is 10.4 Å². The Bertz CT molecular complexity index is 403. The fraction of sp³-hybridized carbons (Fsp3) is 0.364. The van der Waals surface area contributed by atoms with Crippen molar-refractivity contribution in [2.45, 2.75) is 17.7 Å². The zero-order valence-electron chi connectivity index (χ0n) is 8.89. The molecular formula is C11H14N2O2S. The highest BCUT2D eigenvalue weighted by atomic mass is 32.2. The molecular weight excluding hydrogens is 224 g/mol. The van der Waals surface area contributed by atoms with Crippen molar-refractivity contribution >= 4 is 23.1 Å². The zero-order valence-corrected chi connectivity index (χ0v) is 9.70. The number of rotatable bonds is 4. The van der Waals surface area contributed by atoms with Crippen LogP contribution in [0.4, 0.5) is 5.69 Å². The van der Waals surface area contributed by atoms with Crippen LogP contribution in [0.5, 0.6) is 0 Å². The summed E-state index contributed by atoms with van der Waals surface area (Å²) in [6, 6.07) is 7.15. The molecule has 5 heteroatoms. The molecule has 1 unspecified atom stereocenters. The summed E-state index contributed by atoms with van der Waals surface area (Å²) in [5.74, 6) is 0. The van der Waals surface area contributed by atoms with E-state index < -0.39 is 11.0 Å². The van der Waals surface area contributed by atoms with Crippen LogP contribution in [-0.2, 0) is 15.8 Å². The number of amides is 1. The van der Waals surface area contributed by atoms with Crippen molar-refractivity contribution in [1.29, 1.82) is 0 Å². The molecule has 0 radical (unpaired) electrons. The Morgan fingerprint density at radius 3 is 2.75 bits per heavy atom. The van der Waals surface area contributed by atoms with Crippen LogP contribution in [0.15, 0.2) is 29.2 Å². The normalized spacial score (nSPS) is 18.2. The second kappa shape index (κ2) is 5.23. The van der Waals surface area contributed by atoms with E-state index in [2.05, 4.69) is 5.32 Å². The van der Waals surface area contributed by atoms with Gasteiger partial charge in [0, 0.05) is 18.8 Å². The van der Waals surface area contributed by atoms with E-state index in [0.29, 0.717) is 12.1 Å². The molecule has 1 saturated heterocycles. The van der Waals surface area contributed by atoms with Gasteiger partial charge in [-0.25, -0.2) is 8.51 Å².